The van der Waals surface area contributed by atoms with Crippen molar-refractivity contribution in [2.75, 3.05) is 7.05 Å². The summed E-state index contributed by atoms with van der Waals surface area (Å²) in [5.41, 5.74) is -0.497. The van der Waals surface area contributed by atoms with Crippen molar-refractivity contribution in [1.29, 1.82) is 5.26 Å². The maximum atomic E-state index is 9.08. The van der Waals surface area contributed by atoms with Gasteiger partial charge in [-0.3, -0.25) is 0 Å². The molecule has 0 saturated carbocycles. The summed E-state index contributed by atoms with van der Waals surface area (Å²) in [6.45, 7) is 6.74. The molecule has 0 aromatic carbocycles. The number of rotatable bonds is 6. The molecular formula is C12H21N5. The third kappa shape index (κ3) is 3.27. The van der Waals surface area contributed by atoms with Gasteiger partial charge in [0, 0.05) is 19.4 Å². The maximum Gasteiger partial charge on any atom is 0.150 e. The molecule has 1 atom stereocenters. The molecule has 0 aliphatic rings. The van der Waals surface area contributed by atoms with Crippen LogP contribution in [0.5, 0.6) is 0 Å². The molecule has 1 N–H and O–H groups in total. The first-order chi connectivity index (χ1) is 8.08. The third-order valence-corrected chi connectivity index (χ3v) is 3.05. The molecule has 94 valence electrons. The highest BCUT2D eigenvalue weighted by atomic mass is 15.3. The Labute approximate surface area is 103 Å². The SMILES string of the molecule is CCc1nc(CC)n(CCC(C)(C#N)NC)n1. The fraction of sp³-hybridized carbons (Fsp3) is 0.750. The van der Waals surface area contributed by atoms with Crippen molar-refractivity contribution in [3.8, 4) is 6.07 Å². The zero-order valence-electron chi connectivity index (χ0n) is 11.1. The van der Waals surface area contributed by atoms with Gasteiger partial charge in [0.25, 0.3) is 0 Å². The molecule has 1 unspecified atom stereocenters. The van der Waals surface area contributed by atoms with E-state index in [-0.39, 0.29) is 0 Å². The number of aromatic nitrogens is 3. The van der Waals surface area contributed by atoms with Gasteiger partial charge < -0.3 is 5.32 Å². The second-order valence-electron chi connectivity index (χ2n) is 4.32. The van der Waals surface area contributed by atoms with E-state index >= 15 is 0 Å². The Morgan fingerprint density at radius 3 is 2.59 bits per heavy atom. The van der Waals surface area contributed by atoms with Crippen LogP contribution in [-0.2, 0) is 19.4 Å². The number of nitrogens with one attached hydrogen (secondary N) is 1. The van der Waals surface area contributed by atoms with Crippen LogP contribution in [0.2, 0.25) is 0 Å². The second kappa shape index (κ2) is 5.78. The first-order valence-corrected chi connectivity index (χ1v) is 6.11. The molecule has 0 saturated heterocycles. The predicted octanol–water partition coefficient (Wildman–Crippen LogP) is 1.29. The Balaban J connectivity index is 2.75. The lowest BCUT2D eigenvalue weighted by molar-refractivity contribution is 0.402. The highest BCUT2D eigenvalue weighted by Crippen LogP contribution is 2.10. The van der Waals surface area contributed by atoms with Gasteiger partial charge in [-0.1, -0.05) is 13.8 Å². The van der Waals surface area contributed by atoms with Crippen LogP contribution in [0.3, 0.4) is 0 Å². The van der Waals surface area contributed by atoms with Crippen LogP contribution >= 0.6 is 0 Å². The molecule has 0 fully saturated rings. The van der Waals surface area contributed by atoms with Crippen molar-refractivity contribution in [1.82, 2.24) is 20.1 Å². The van der Waals surface area contributed by atoms with Crippen molar-refractivity contribution in [2.24, 2.45) is 0 Å². The summed E-state index contributed by atoms with van der Waals surface area (Å²) < 4.78 is 1.92. The van der Waals surface area contributed by atoms with Gasteiger partial charge in [-0.15, -0.1) is 0 Å². The van der Waals surface area contributed by atoms with Crippen LogP contribution in [-0.4, -0.2) is 27.4 Å². The van der Waals surface area contributed by atoms with Crippen molar-refractivity contribution >= 4 is 0 Å². The Kier molecular flexibility index (Phi) is 4.64. The molecule has 1 rings (SSSR count). The second-order valence-corrected chi connectivity index (χ2v) is 4.32. The molecule has 0 aliphatic carbocycles. The number of nitriles is 1. The highest BCUT2D eigenvalue weighted by molar-refractivity contribution is 5.03. The fourth-order valence-electron chi connectivity index (χ4n) is 1.58. The minimum absolute atomic E-state index is 0.497. The van der Waals surface area contributed by atoms with Gasteiger partial charge in [0.05, 0.1) is 6.07 Å². The molecule has 0 aliphatic heterocycles. The molecule has 1 aromatic rings. The zero-order chi connectivity index (χ0) is 12.9. The van der Waals surface area contributed by atoms with E-state index in [1.54, 1.807) is 0 Å². The Bertz CT molecular complexity index is 404. The van der Waals surface area contributed by atoms with Crippen LogP contribution < -0.4 is 5.32 Å². The molecule has 5 nitrogen and oxygen atoms in total. The Morgan fingerprint density at radius 1 is 1.41 bits per heavy atom. The molecule has 17 heavy (non-hydrogen) atoms. The van der Waals surface area contributed by atoms with Gasteiger partial charge in [-0.05, 0) is 20.4 Å². The smallest absolute Gasteiger partial charge is 0.150 e. The lowest BCUT2D eigenvalue weighted by Gasteiger charge is -2.20. The molecular weight excluding hydrogens is 214 g/mol. The Morgan fingerprint density at radius 2 is 2.12 bits per heavy atom. The first kappa shape index (κ1) is 13.7. The zero-order valence-corrected chi connectivity index (χ0v) is 11.1. The number of hydrogen-bond acceptors (Lipinski definition) is 4. The quantitative estimate of drug-likeness (QED) is 0.807. The summed E-state index contributed by atoms with van der Waals surface area (Å²) in [4.78, 5) is 4.45. The van der Waals surface area contributed by atoms with Gasteiger partial charge in [-0.2, -0.15) is 10.4 Å². The molecule has 0 spiro atoms. The lowest BCUT2D eigenvalue weighted by Crippen LogP contribution is -2.39. The van der Waals surface area contributed by atoms with Gasteiger partial charge >= 0.3 is 0 Å². The van der Waals surface area contributed by atoms with Crippen LogP contribution in [0.1, 0.15) is 38.8 Å². The summed E-state index contributed by atoms with van der Waals surface area (Å²) in [5.74, 6) is 1.88. The minimum atomic E-state index is -0.497. The normalized spacial score (nSPS) is 14.3. The molecule has 0 bridgehead atoms. The summed E-state index contributed by atoms with van der Waals surface area (Å²) >= 11 is 0. The van der Waals surface area contributed by atoms with E-state index in [1.165, 1.54) is 0 Å². The van der Waals surface area contributed by atoms with Gasteiger partial charge in [0.1, 0.15) is 11.4 Å². The third-order valence-electron chi connectivity index (χ3n) is 3.05. The van der Waals surface area contributed by atoms with Crippen LogP contribution in [0.15, 0.2) is 0 Å². The number of hydrogen-bond donors (Lipinski definition) is 1. The molecule has 5 heteroatoms. The van der Waals surface area contributed by atoms with Crippen LogP contribution in [0.4, 0.5) is 0 Å². The monoisotopic (exact) mass is 235 g/mol. The Hall–Kier alpha value is -1.41. The van der Waals surface area contributed by atoms with E-state index in [9.17, 15) is 0 Å². The highest BCUT2D eigenvalue weighted by Gasteiger charge is 2.21. The standard InChI is InChI=1S/C12H21N5/c1-5-10-15-11(6-2)17(16-10)8-7-12(3,9-13)14-4/h14H,5-8H2,1-4H3. The average molecular weight is 235 g/mol. The van der Waals surface area contributed by atoms with Gasteiger partial charge in [0.2, 0.25) is 0 Å². The summed E-state index contributed by atoms with van der Waals surface area (Å²) in [5, 5.41) is 16.6. The molecule has 1 aromatic heterocycles. The van der Waals surface area contributed by atoms with Gasteiger partial charge in [0.15, 0.2) is 5.82 Å². The van der Waals surface area contributed by atoms with E-state index in [4.69, 9.17) is 5.26 Å². The maximum absolute atomic E-state index is 9.08. The minimum Gasteiger partial charge on any atom is -0.303 e. The summed E-state index contributed by atoms with van der Waals surface area (Å²) in [7, 11) is 1.81. The van der Waals surface area contributed by atoms with E-state index in [0.29, 0.717) is 0 Å². The average Bonchev–Trinajstić information content (AvgIpc) is 2.78. The van der Waals surface area contributed by atoms with Crippen molar-refractivity contribution in [3.63, 3.8) is 0 Å². The summed E-state index contributed by atoms with van der Waals surface area (Å²) in [6.07, 6.45) is 2.44. The van der Waals surface area contributed by atoms with Crippen LogP contribution in [0, 0.1) is 11.3 Å². The lowest BCUT2D eigenvalue weighted by atomic mass is 10.0. The van der Waals surface area contributed by atoms with E-state index < -0.39 is 5.54 Å². The largest absolute Gasteiger partial charge is 0.303 e. The van der Waals surface area contributed by atoms with E-state index in [0.717, 1.165) is 37.5 Å². The van der Waals surface area contributed by atoms with Crippen LogP contribution in [0.25, 0.3) is 0 Å². The number of aryl methyl sites for hydroxylation is 3. The fourth-order valence-corrected chi connectivity index (χ4v) is 1.58. The topological polar surface area (TPSA) is 66.5 Å². The molecule has 0 amide bonds. The summed E-state index contributed by atoms with van der Waals surface area (Å²) in [6, 6.07) is 2.28. The van der Waals surface area contributed by atoms with Gasteiger partial charge in [-0.25, -0.2) is 9.67 Å². The van der Waals surface area contributed by atoms with Crippen molar-refractivity contribution in [3.05, 3.63) is 11.6 Å². The predicted molar refractivity (Wildman–Crippen MR) is 66.5 cm³/mol. The van der Waals surface area contributed by atoms with E-state index in [2.05, 4.69) is 28.4 Å². The molecule has 1 heterocycles. The van der Waals surface area contributed by atoms with Crippen molar-refractivity contribution in [2.45, 2.75) is 52.1 Å². The number of nitrogens with zero attached hydrogens (tertiary/aromatic N) is 4. The van der Waals surface area contributed by atoms with E-state index in [1.807, 2.05) is 25.6 Å². The van der Waals surface area contributed by atoms with Crippen molar-refractivity contribution < 1.29 is 0 Å². The molecule has 0 radical (unpaired) electrons. The first-order valence-electron chi connectivity index (χ1n) is 6.11.